The molecule has 0 spiro atoms. The van der Waals surface area contributed by atoms with Gasteiger partial charge in [-0.15, -0.1) is 0 Å². The monoisotopic (exact) mass is 277 g/mol. The molecule has 1 N–H and O–H groups in total. The molecule has 2 atom stereocenters. The molecular weight excluding hydrogens is 258 g/mol. The van der Waals surface area contributed by atoms with E-state index in [4.69, 9.17) is 4.74 Å². The highest BCUT2D eigenvalue weighted by Gasteiger charge is 2.32. The summed E-state index contributed by atoms with van der Waals surface area (Å²) in [5, 5.41) is 2.84. The van der Waals surface area contributed by atoms with Crippen molar-refractivity contribution in [2.45, 2.75) is 25.9 Å². The van der Waals surface area contributed by atoms with Crippen LogP contribution in [0.3, 0.4) is 0 Å². The molecule has 0 bridgehead atoms. The second-order valence-corrected chi connectivity index (χ2v) is 4.77. The molecule has 2 rings (SSSR count). The van der Waals surface area contributed by atoms with Gasteiger partial charge >= 0.3 is 5.97 Å². The van der Waals surface area contributed by atoms with E-state index in [1.807, 2.05) is 6.92 Å². The number of rotatable bonds is 4. The minimum absolute atomic E-state index is 0.0150. The maximum Gasteiger partial charge on any atom is 0.337 e. The number of anilines is 1. The lowest BCUT2D eigenvalue weighted by molar-refractivity contribution is -0.121. The van der Waals surface area contributed by atoms with Gasteiger partial charge in [0, 0.05) is 12.3 Å². The number of benzene rings is 1. The first-order chi connectivity index (χ1) is 9.65. The van der Waals surface area contributed by atoms with Crippen LogP contribution in [0.2, 0.25) is 0 Å². The van der Waals surface area contributed by atoms with E-state index in [1.54, 1.807) is 24.3 Å². The standard InChI is InChI=1S/C15H19NO4/c1-3-13-12(7-8-20-13)14(17)16-11-6-4-5-10(9-11)15(18)19-2/h4-6,9,12-13H,3,7-8H2,1-2H3,(H,16,17). The largest absolute Gasteiger partial charge is 0.465 e. The van der Waals surface area contributed by atoms with Crippen molar-refractivity contribution in [1.82, 2.24) is 0 Å². The van der Waals surface area contributed by atoms with Crippen LogP contribution in [0, 0.1) is 5.92 Å². The number of carbonyl (C=O) groups is 2. The molecule has 5 nitrogen and oxygen atoms in total. The van der Waals surface area contributed by atoms with Gasteiger partial charge in [-0.25, -0.2) is 4.79 Å². The zero-order valence-electron chi connectivity index (χ0n) is 11.7. The van der Waals surface area contributed by atoms with Gasteiger partial charge in [-0.2, -0.15) is 0 Å². The van der Waals surface area contributed by atoms with Crippen LogP contribution < -0.4 is 5.32 Å². The summed E-state index contributed by atoms with van der Waals surface area (Å²) in [6.45, 7) is 2.63. The predicted octanol–water partition coefficient (Wildman–Crippen LogP) is 2.23. The third kappa shape index (κ3) is 3.17. The third-order valence-corrected chi connectivity index (χ3v) is 3.50. The van der Waals surface area contributed by atoms with Crippen LogP contribution in [0.4, 0.5) is 5.69 Å². The number of amides is 1. The lowest BCUT2D eigenvalue weighted by Crippen LogP contribution is -2.29. The number of hydrogen-bond acceptors (Lipinski definition) is 4. The topological polar surface area (TPSA) is 64.6 Å². The van der Waals surface area contributed by atoms with Gasteiger partial charge in [0.2, 0.25) is 5.91 Å². The minimum atomic E-state index is -0.420. The Labute approximate surface area is 118 Å². The summed E-state index contributed by atoms with van der Waals surface area (Å²) >= 11 is 0. The molecule has 1 amide bonds. The second kappa shape index (κ2) is 6.52. The number of methoxy groups -OCH3 is 1. The Morgan fingerprint density at radius 1 is 1.45 bits per heavy atom. The van der Waals surface area contributed by atoms with Crippen LogP contribution in [0.5, 0.6) is 0 Å². The number of nitrogens with one attached hydrogen (secondary N) is 1. The lowest BCUT2D eigenvalue weighted by Gasteiger charge is -2.16. The Bertz CT molecular complexity index is 500. The summed E-state index contributed by atoms with van der Waals surface area (Å²) in [5.41, 5.74) is 1.01. The molecule has 108 valence electrons. The number of ether oxygens (including phenoxy) is 2. The van der Waals surface area contributed by atoms with Crippen molar-refractivity contribution in [3.63, 3.8) is 0 Å². The first-order valence-corrected chi connectivity index (χ1v) is 6.76. The lowest BCUT2D eigenvalue weighted by atomic mass is 9.98. The van der Waals surface area contributed by atoms with Crippen molar-refractivity contribution in [3.05, 3.63) is 29.8 Å². The van der Waals surface area contributed by atoms with Gasteiger partial charge in [0.05, 0.1) is 24.7 Å². The molecule has 0 saturated carbocycles. The van der Waals surface area contributed by atoms with Crippen LogP contribution in [0.15, 0.2) is 24.3 Å². The average Bonchev–Trinajstić information content (AvgIpc) is 2.95. The molecule has 5 heteroatoms. The van der Waals surface area contributed by atoms with Crippen LogP contribution in [0.25, 0.3) is 0 Å². The molecule has 1 saturated heterocycles. The Morgan fingerprint density at radius 3 is 2.95 bits per heavy atom. The van der Waals surface area contributed by atoms with Crippen molar-refractivity contribution in [2.24, 2.45) is 5.92 Å². The number of hydrogen-bond donors (Lipinski definition) is 1. The Hall–Kier alpha value is -1.88. The third-order valence-electron chi connectivity index (χ3n) is 3.50. The maximum absolute atomic E-state index is 12.2. The molecule has 1 fully saturated rings. The van der Waals surface area contributed by atoms with E-state index in [-0.39, 0.29) is 17.9 Å². The molecule has 0 aromatic heterocycles. The zero-order chi connectivity index (χ0) is 14.5. The zero-order valence-corrected chi connectivity index (χ0v) is 11.7. The molecule has 0 aliphatic carbocycles. The van der Waals surface area contributed by atoms with E-state index < -0.39 is 5.97 Å². The molecule has 0 radical (unpaired) electrons. The number of esters is 1. The summed E-state index contributed by atoms with van der Waals surface area (Å²) in [7, 11) is 1.33. The maximum atomic E-state index is 12.2. The summed E-state index contributed by atoms with van der Waals surface area (Å²) < 4.78 is 10.2. The van der Waals surface area contributed by atoms with Crippen molar-refractivity contribution in [1.29, 1.82) is 0 Å². The van der Waals surface area contributed by atoms with Crippen LogP contribution in [0.1, 0.15) is 30.1 Å². The first kappa shape index (κ1) is 14.5. The quantitative estimate of drug-likeness (QED) is 0.857. The molecule has 1 aromatic rings. The fraction of sp³-hybridized carbons (Fsp3) is 0.467. The van der Waals surface area contributed by atoms with Crippen molar-refractivity contribution >= 4 is 17.6 Å². The second-order valence-electron chi connectivity index (χ2n) is 4.77. The summed E-state index contributed by atoms with van der Waals surface area (Å²) in [5.74, 6) is -0.602. The van der Waals surface area contributed by atoms with Gasteiger partial charge in [-0.05, 0) is 31.0 Å². The average molecular weight is 277 g/mol. The molecule has 1 aromatic carbocycles. The Kier molecular flexibility index (Phi) is 4.74. The smallest absolute Gasteiger partial charge is 0.337 e. The minimum Gasteiger partial charge on any atom is -0.465 e. The fourth-order valence-electron chi connectivity index (χ4n) is 2.43. The van der Waals surface area contributed by atoms with Gasteiger partial charge in [0.1, 0.15) is 0 Å². The molecule has 1 aliphatic heterocycles. The summed E-state index contributed by atoms with van der Waals surface area (Å²) in [4.78, 5) is 23.7. The molecule has 2 unspecified atom stereocenters. The Balaban J connectivity index is 2.06. The highest BCUT2D eigenvalue weighted by atomic mass is 16.5. The van der Waals surface area contributed by atoms with E-state index in [9.17, 15) is 9.59 Å². The SMILES string of the molecule is CCC1OCCC1C(=O)Nc1cccc(C(=O)OC)c1. The summed E-state index contributed by atoms with van der Waals surface area (Å²) in [6, 6.07) is 6.72. The highest BCUT2D eigenvalue weighted by Crippen LogP contribution is 2.25. The fourth-order valence-corrected chi connectivity index (χ4v) is 2.43. The van der Waals surface area contributed by atoms with E-state index in [0.717, 1.165) is 12.8 Å². The van der Waals surface area contributed by atoms with Crippen molar-refractivity contribution in [3.8, 4) is 0 Å². The van der Waals surface area contributed by atoms with E-state index >= 15 is 0 Å². The molecule has 20 heavy (non-hydrogen) atoms. The Morgan fingerprint density at radius 2 is 2.25 bits per heavy atom. The van der Waals surface area contributed by atoms with Gasteiger partial charge in [0.25, 0.3) is 0 Å². The highest BCUT2D eigenvalue weighted by molar-refractivity contribution is 5.95. The molecular formula is C15H19NO4. The predicted molar refractivity (Wildman–Crippen MR) is 74.5 cm³/mol. The van der Waals surface area contributed by atoms with E-state index in [0.29, 0.717) is 17.9 Å². The normalized spacial score (nSPS) is 21.5. The number of carbonyl (C=O) groups excluding carboxylic acids is 2. The van der Waals surface area contributed by atoms with Crippen molar-refractivity contribution < 1.29 is 19.1 Å². The van der Waals surface area contributed by atoms with Gasteiger partial charge in [-0.3, -0.25) is 4.79 Å². The van der Waals surface area contributed by atoms with Gasteiger partial charge in [-0.1, -0.05) is 13.0 Å². The van der Waals surface area contributed by atoms with E-state index in [2.05, 4.69) is 10.1 Å². The summed E-state index contributed by atoms with van der Waals surface area (Å²) in [6.07, 6.45) is 1.54. The van der Waals surface area contributed by atoms with Gasteiger partial charge in [0.15, 0.2) is 0 Å². The van der Waals surface area contributed by atoms with Crippen LogP contribution >= 0.6 is 0 Å². The first-order valence-electron chi connectivity index (χ1n) is 6.76. The van der Waals surface area contributed by atoms with Crippen LogP contribution in [-0.2, 0) is 14.3 Å². The van der Waals surface area contributed by atoms with Gasteiger partial charge < -0.3 is 14.8 Å². The molecule has 1 heterocycles. The van der Waals surface area contributed by atoms with Crippen molar-refractivity contribution in [2.75, 3.05) is 19.0 Å². The molecule has 1 aliphatic rings. The van der Waals surface area contributed by atoms with E-state index in [1.165, 1.54) is 7.11 Å². The van der Waals surface area contributed by atoms with Crippen LogP contribution in [-0.4, -0.2) is 31.7 Å².